The SMILES string of the molecule is CNC(=O)c1ccc(N2CCN(Cc3ccc4cc(C)c(=O)[nH]c4c3F)CC2)cn1. The van der Waals surface area contributed by atoms with Gasteiger partial charge in [0.1, 0.15) is 5.69 Å². The molecule has 1 saturated heterocycles. The second-order valence-corrected chi connectivity index (χ2v) is 7.53. The molecule has 1 aliphatic heterocycles. The van der Waals surface area contributed by atoms with E-state index in [1.807, 2.05) is 12.1 Å². The van der Waals surface area contributed by atoms with E-state index in [1.54, 1.807) is 38.4 Å². The average Bonchev–Trinajstić information content (AvgIpc) is 2.77. The number of halogens is 1. The minimum Gasteiger partial charge on any atom is -0.368 e. The molecule has 0 aliphatic carbocycles. The Morgan fingerprint density at radius 2 is 1.97 bits per heavy atom. The number of aryl methyl sites for hydroxylation is 1. The number of hydrogen-bond acceptors (Lipinski definition) is 5. The molecular formula is C22H24FN5O2. The highest BCUT2D eigenvalue weighted by atomic mass is 19.1. The lowest BCUT2D eigenvalue weighted by Crippen LogP contribution is -2.46. The molecule has 4 rings (SSSR count). The van der Waals surface area contributed by atoms with Gasteiger partial charge in [0.25, 0.3) is 11.5 Å². The normalized spacial score (nSPS) is 14.8. The van der Waals surface area contributed by atoms with Crippen LogP contribution in [0.25, 0.3) is 10.9 Å². The second kappa shape index (κ2) is 8.23. The van der Waals surface area contributed by atoms with Crippen molar-refractivity contribution in [3.63, 3.8) is 0 Å². The molecule has 3 aromatic rings. The predicted octanol–water partition coefficient (Wildman–Crippen LogP) is 2.05. The number of rotatable bonds is 4. The first-order valence-electron chi connectivity index (χ1n) is 9.92. The molecule has 0 radical (unpaired) electrons. The van der Waals surface area contributed by atoms with Crippen molar-refractivity contribution in [3.05, 3.63) is 69.5 Å². The number of pyridine rings is 2. The van der Waals surface area contributed by atoms with Crippen LogP contribution in [0.4, 0.5) is 10.1 Å². The first-order valence-corrected chi connectivity index (χ1v) is 9.92. The molecule has 1 amide bonds. The summed E-state index contributed by atoms with van der Waals surface area (Å²) in [6.45, 7) is 5.32. The summed E-state index contributed by atoms with van der Waals surface area (Å²) in [5, 5.41) is 3.26. The maximum absolute atomic E-state index is 15.0. The van der Waals surface area contributed by atoms with Crippen LogP contribution in [0.3, 0.4) is 0 Å². The number of aromatic amines is 1. The summed E-state index contributed by atoms with van der Waals surface area (Å²) in [5.74, 6) is -0.568. The van der Waals surface area contributed by atoms with Gasteiger partial charge in [-0.05, 0) is 25.1 Å². The van der Waals surface area contributed by atoms with Crippen LogP contribution in [-0.4, -0.2) is 54.0 Å². The third-order valence-corrected chi connectivity index (χ3v) is 5.56. The van der Waals surface area contributed by atoms with Crippen molar-refractivity contribution in [2.75, 3.05) is 38.1 Å². The van der Waals surface area contributed by atoms with Gasteiger partial charge in [0, 0.05) is 56.3 Å². The number of piperazine rings is 1. The van der Waals surface area contributed by atoms with Crippen LogP contribution < -0.4 is 15.8 Å². The van der Waals surface area contributed by atoms with Crippen LogP contribution in [-0.2, 0) is 6.54 Å². The van der Waals surface area contributed by atoms with Gasteiger partial charge < -0.3 is 15.2 Å². The van der Waals surface area contributed by atoms with E-state index in [0.29, 0.717) is 28.8 Å². The highest BCUT2D eigenvalue weighted by Crippen LogP contribution is 2.22. The van der Waals surface area contributed by atoms with Crippen LogP contribution in [0, 0.1) is 12.7 Å². The molecule has 156 valence electrons. The molecule has 7 nitrogen and oxygen atoms in total. The van der Waals surface area contributed by atoms with Crippen molar-refractivity contribution in [2.24, 2.45) is 0 Å². The first-order chi connectivity index (χ1) is 14.5. The number of fused-ring (bicyclic) bond motifs is 1. The zero-order chi connectivity index (χ0) is 21.3. The molecule has 1 aromatic carbocycles. The van der Waals surface area contributed by atoms with Gasteiger partial charge in [-0.25, -0.2) is 9.37 Å². The Morgan fingerprint density at radius 3 is 2.63 bits per heavy atom. The molecule has 0 unspecified atom stereocenters. The van der Waals surface area contributed by atoms with Gasteiger partial charge in [0.15, 0.2) is 5.82 Å². The van der Waals surface area contributed by atoms with Gasteiger partial charge in [-0.2, -0.15) is 0 Å². The Labute approximate surface area is 173 Å². The Hall–Kier alpha value is -3.26. The zero-order valence-corrected chi connectivity index (χ0v) is 17.0. The third-order valence-electron chi connectivity index (χ3n) is 5.56. The summed E-state index contributed by atoms with van der Waals surface area (Å²) in [7, 11) is 1.58. The molecule has 1 fully saturated rings. The summed E-state index contributed by atoms with van der Waals surface area (Å²) in [6, 6.07) is 8.97. The van der Waals surface area contributed by atoms with Gasteiger partial charge in [0.2, 0.25) is 0 Å². The van der Waals surface area contributed by atoms with Gasteiger partial charge in [-0.3, -0.25) is 14.5 Å². The Morgan fingerprint density at radius 1 is 1.20 bits per heavy atom. The smallest absolute Gasteiger partial charge is 0.269 e. The Balaban J connectivity index is 1.42. The standard InChI is InChI=1S/C22H24FN5O2/c1-14-11-15-3-4-16(19(23)20(15)26-21(14)29)13-27-7-9-28(10-8-27)17-5-6-18(25-12-17)22(30)24-2/h3-6,11-12H,7-10,13H2,1-2H3,(H,24,30)(H,26,29). The number of benzene rings is 1. The monoisotopic (exact) mass is 409 g/mol. The van der Waals surface area contributed by atoms with Crippen LogP contribution >= 0.6 is 0 Å². The lowest BCUT2D eigenvalue weighted by molar-refractivity contribution is 0.0958. The van der Waals surface area contributed by atoms with Gasteiger partial charge in [-0.1, -0.05) is 12.1 Å². The molecule has 1 aliphatic rings. The van der Waals surface area contributed by atoms with Crippen molar-refractivity contribution in [1.29, 1.82) is 0 Å². The van der Waals surface area contributed by atoms with E-state index in [0.717, 1.165) is 31.9 Å². The van der Waals surface area contributed by atoms with Crippen LogP contribution in [0.2, 0.25) is 0 Å². The van der Waals surface area contributed by atoms with Crippen LogP contribution in [0.5, 0.6) is 0 Å². The number of carbonyl (C=O) groups excluding carboxylic acids is 1. The molecule has 0 bridgehead atoms. The Kier molecular flexibility index (Phi) is 5.50. The molecule has 0 atom stereocenters. The summed E-state index contributed by atoms with van der Waals surface area (Å²) >= 11 is 0. The summed E-state index contributed by atoms with van der Waals surface area (Å²) < 4.78 is 15.0. The van der Waals surface area contributed by atoms with E-state index in [-0.39, 0.29) is 22.8 Å². The fourth-order valence-electron chi connectivity index (χ4n) is 3.76. The third kappa shape index (κ3) is 3.91. The van der Waals surface area contributed by atoms with Gasteiger partial charge in [-0.15, -0.1) is 0 Å². The second-order valence-electron chi connectivity index (χ2n) is 7.53. The maximum atomic E-state index is 15.0. The number of nitrogens with one attached hydrogen (secondary N) is 2. The molecule has 30 heavy (non-hydrogen) atoms. The van der Waals surface area contributed by atoms with Crippen LogP contribution in [0.15, 0.2) is 41.3 Å². The van der Waals surface area contributed by atoms with Crippen molar-refractivity contribution < 1.29 is 9.18 Å². The molecular weight excluding hydrogens is 385 g/mol. The summed E-state index contributed by atoms with van der Waals surface area (Å²) in [6.07, 6.45) is 1.71. The fraction of sp³-hybridized carbons (Fsp3) is 0.318. The highest BCUT2D eigenvalue weighted by Gasteiger charge is 2.20. The van der Waals surface area contributed by atoms with Gasteiger partial charge in [0.05, 0.1) is 17.4 Å². The topological polar surface area (TPSA) is 81.3 Å². The number of H-pyrrole nitrogens is 1. The number of anilines is 1. The molecule has 0 spiro atoms. The Bertz CT molecular complexity index is 1130. The number of carbonyl (C=O) groups is 1. The molecule has 2 N–H and O–H groups in total. The van der Waals surface area contributed by atoms with E-state index >= 15 is 0 Å². The summed E-state index contributed by atoms with van der Waals surface area (Å²) in [4.78, 5) is 34.8. The number of amides is 1. The van der Waals surface area contributed by atoms with E-state index in [4.69, 9.17) is 0 Å². The summed E-state index contributed by atoms with van der Waals surface area (Å²) in [5.41, 5.74) is 2.51. The number of nitrogens with zero attached hydrogens (tertiary/aromatic N) is 3. The maximum Gasteiger partial charge on any atom is 0.269 e. The number of hydrogen-bond donors (Lipinski definition) is 2. The lowest BCUT2D eigenvalue weighted by atomic mass is 10.1. The van der Waals surface area contributed by atoms with Crippen molar-refractivity contribution in [2.45, 2.75) is 13.5 Å². The minimum atomic E-state index is -0.360. The van der Waals surface area contributed by atoms with Gasteiger partial charge >= 0.3 is 0 Å². The molecule has 8 heteroatoms. The first kappa shape index (κ1) is 20.0. The molecule has 3 heterocycles. The average molecular weight is 409 g/mol. The van der Waals surface area contributed by atoms with E-state index in [9.17, 15) is 14.0 Å². The quantitative estimate of drug-likeness (QED) is 0.689. The highest BCUT2D eigenvalue weighted by molar-refractivity contribution is 5.92. The molecule has 2 aromatic heterocycles. The van der Waals surface area contributed by atoms with Crippen molar-refractivity contribution >= 4 is 22.5 Å². The van der Waals surface area contributed by atoms with Crippen LogP contribution in [0.1, 0.15) is 21.6 Å². The predicted molar refractivity (Wildman–Crippen MR) is 114 cm³/mol. The fourth-order valence-corrected chi connectivity index (χ4v) is 3.76. The lowest BCUT2D eigenvalue weighted by Gasteiger charge is -2.36. The number of aromatic nitrogens is 2. The van der Waals surface area contributed by atoms with Crippen molar-refractivity contribution in [3.8, 4) is 0 Å². The largest absolute Gasteiger partial charge is 0.368 e. The molecule has 0 saturated carbocycles. The van der Waals surface area contributed by atoms with Crippen molar-refractivity contribution in [1.82, 2.24) is 20.2 Å². The van der Waals surface area contributed by atoms with E-state index in [1.165, 1.54) is 0 Å². The minimum absolute atomic E-state index is 0.208. The van der Waals surface area contributed by atoms with E-state index < -0.39 is 0 Å². The zero-order valence-electron chi connectivity index (χ0n) is 17.0. The van der Waals surface area contributed by atoms with E-state index in [2.05, 4.69) is 25.1 Å².